The molecule has 19 heavy (non-hydrogen) atoms. The molecule has 3 heterocycles. The van der Waals surface area contributed by atoms with Crippen molar-refractivity contribution in [3.05, 3.63) is 11.6 Å². The minimum absolute atomic E-state index is 0.313. The molecule has 0 aromatic carbocycles. The number of aromatic nitrogens is 3. The van der Waals surface area contributed by atoms with Crippen molar-refractivity contribution in [1.82, 2.24) is 25.0 Å². The first kappa shape index (κ1) is 12.9. The van der Waals surface area contributed by atoms with E-state index in [1.165, 1.54) is 4.57 Å². The Hall–Kier alpha value is -1.15. The first-order chi connectivity index (χ1) is 9.05. The van der Waals surface area contributed by atoms with E-state index < -0.39 is 12.0 Å². The van der Waals surface area contributed by atoms with Crippen LogP contribution in [0.3, 0.4) is 0 Å². The summed E-state index contributed by atoms with van der Waals surface area (Å²) < 4.78 is 39.3. The molecule has 0 spiro atoms. The summed E-state index contributed by atoms with van der Waals surface area (Å²) >= 11 is 0. The molecule has 0 aliphatic carbocycles. The second-order valence-electron chi connectivity index (χ2n) is 5.06. The maximum absolute atomic E-state index is 12.7. The molecule has 0 bridgehead atoms. The zero-order valence-corrected chi connectivity index (χ0v) is 10.4. The molecular weight excluding hydrogens is 259 g/mol. The summed E-state index contributed by atoms with van der Waals surface area (Å²) in [6.45, 7) is 3.32. The Labute approximate surface area is 108 Å². The average molecular weight is 275 g/mol. The number of hydrogen-bond donors (Lipinski definition) is 1. The van der Waals surface area contributed by atoms with Gasteiger partial charge in [-0.05, 0) is 19.4 Å². The van der Waals surface area contributed by atoms with E-state index in [0.29, 0.717) is 31.5 Å². The molecule has 0 amide bonds. The summed E-state index contributed by atoms with van der Waals surface area (Å²) in [5, 5.41) is 10.3. The lowest BCUT2D eigenvalue weighted by Crippen LogP contribution is -2.49. The number of nitrogens with one attached hydrogen (secondary N) is 1. The van der Waals surface area contributed by atoms with E-state index in [1.54, 1.807) is 0 Å². The van der Waals surface area contributed by atoms with Gasteiger partial charge in [0.2, 0.25) is 5.82 Å². The fraction of sp³-hybridized carbons (Fsp3) is 0.818. The van der Waals surface area contributed by atoms with E-state index in [4.69, 9.17) is 0 Å². The number of alkyl halides is 3. The Morgan fingerprint density at radius 2 is 2.05 bits per heavy atom. The van der Waals surface area contributed by atoms with E-state index >= 15 is 0 Å². The molecule has 1 aromatic heterocycles. The standard InChI is InChI=1S/C11H16F3N5/c12-11(13,14)10-17-16-9-7-18(4-5-19(9)10)8-2-1-3-15-6-8/h8,15H,1-7H2. The van der Waals surface area contributed by atoms with Crippen molar-refractivity contribution < 1.29 is 13.2 Å². The van der Waals surface area contributed by atoms with Crippen LogP contribution in [0.15, 0.2) is 0 Å². The molecule has 1 aromatic rings. The quantitative estimate of drug-likeness (QED) is 0.826. The van der Waals surface area contributed by atoms with Crippen LogP contribution in [0.1, 0.15) is 24.5 Å². The molecule has 5 nitrogen and oxygen atoms in total. The molecule has 2 aliphatic heterocycles. The molecule has 1 N–H and O–H groups in total. The van der Waals surface area contributed by atoms with E-state index in [-0.39, 0.29) is 0 Å². The van der Waals surface area contributed by atoms with Crippen molar-refractivity contribution in [2.45, 2.75) is 38.1 Å². The van der Waals surface area contributed by atoms with Gasteiger partial charge in [0.15, 0.2) is 0 Å². The van der Waals surface area contributed by atoms with Gasteiger partial charge >= 0.3 is 6.18 Å². The molecule has 0 saturated carbocycles. The van der Waals surface area contributed by atoms with E-state index in [0.717, 1.165) is 25.9 Å². The molecule has 1 saturated heterocycles. The van der Waals surface area contributed by atoms with Crippen LogP contribution in [0.4, 0.5) is 13.2 Å². The van der Waals surface area contributed by atoms with Crippen LogP contribution in [0.25, 0.3) is 0 Å². The first-order valence-corrected chi connectivity index (χ1v) is 6.50. The number of fused-ring (bicyclic) bond motifs is 1. The highest BCUT2D eigenvalue weighted by atomic mass is 19.4. The lowest BCUT2D eigenvalue weighted by molar-refractivity contribution is -0.148. The van der Waals surface area contributed by atoms with Gasteiger partial charge in [0.05, 0.1) is 6.54 Å². The first-order valence-electron chi connectivity index (χ1n) is 6.50. The third-order valence-electron chi connectivity index (χ3n) is 3.82. The zero-order valence-electron chi connectivity index (χ0n) is 10.4. The number of halogens is 3. The fourth-order valence-electron chi connectivity index (χ4n) is 2.84. The predicted octanol–water partition coefficient (Wildman–Crippen LogP) is 0.864. The van der Waals surface area contributed by atoms with Crippen molar-refractivity contribution >= 4 is 0 Å². The van der Waals surface area contributed by atoms with Crippen LogP contribution in [-0.4, -0.2) is 45.3 Å². The summed E-state index contributed by atoms with van der Waals surface area (Å²) in [5.41, 5.74) is 0. The molecule has 106 valence electrons. The second-order valence-corrected chi connectivity index (χ2v) is 5.06. The van der Waals surface area contributed by atoms with Gasteiger partial charge in [-0.3, -0.25) is 4.90 Å². The molecule has 8 heteroatoms. The van der Waals surface area contributed by atoms with Crippen LogP contribution in [0, 0.1) is 0 Å². The normalized spacial score (nSPS) is 25.3. The molecule has 1 atom stereocenters. The Balaban J connectivity index is 1.76. The maximum atomic E-state index is 12.7. The molecular formula is C11H16F3N5. The lowest BCUT2D eigenvalue weighted by Gasteiger charge is -2.37. The van der Waals surface area contributed by atoms with Gasteiger partial charge in [-0.2, -0.15) is 13.2 Å². The maximum Gasteiger partial charge on any atom is 0.451 e. The summed E-state index contributed by atoms with van der Waals surface area (Å²) in [6, 6.07) is 0.397. The van der Waals surface area contributed by atoms with Crippen LogP contribution >= 0.6 is 0 Å². The van der Waals surface area contributed by atoms with Crippen molar-refractivity contribution in [2.24, 2.45) is 0 Å². The molecule has 1 unspecified atom stereocenters. The van der Waals surface area contributed by atoms with Crippen molar-refractivity contribution in [2.75, 3.05) is 19.6 Å². The Kier molecular flexibility index (Phi) is 3.22. The highest BCUT2D eigenvalue weighted by Gasteiger charge is 2.40. The van der Waals surface area contributed by atoms with Gasteiger partial charge in [0.1, 0.15) is 5.82 Å². The third kappa shape index (κ3) is 2.46. The van der Waals surface area contributed by atoms with Gasteiger partial charge in [-0.25, -0.2) is 0 Å². The molecule has 1 fully saturated rings. The lowest BCUT2D eigenvalue weighted by atomic mass is 10.1. The van der Waals surface area contributed by atoms with E-state index in [1.807, 2.05) is 0 Å². The Morgan fingerprint density at radius 1 is 1.21 bits per heavy atom. The van der Waals surface area contributed by atoms with Gasteiger partial charge in [0, 0.05) is 25.7 Å². The molecule has 2 aliphatic rings. The molecule has 3 rings (SSSR count). The fourth-order valence-corrected chi connectivity index (χ4v) is 2.84. The topological polar surface area (TPSA) is 46.0 Å². The van der Waals surface area contributed by atoms with Crippen molar-refractivity contribution in [3.8, 4) is 0 Å². The largest absolute Gasteiger partial charge is 0.451 e. The monoisotopic (exact) mass is 275 g/mol. The number of nitrogens with zero attached hydrogens (tertiary/aromatic N) is 4. The minimum Gasteiger partial charge on any atom is -0.315 e. The number of rotatable bonds is 1. The van der Waals surface area contributed by atoms with E-state index in [9.17, 15) is 13.2 Å². The van der Waals surface area contributed by atoms with Crippen molar-refractivity contribution in [3.63, 3.8) is 0 Å². The third-order valence-corrected chi connectivity index (χ3v) is 3.82. The van der Waals surface area contributed by atoms with Crippen molar-refractivity contribution in [1.29, 1.82) is 0 Å². The smallest absolute Gasteiger partial charge is 0.315 e. The minimum atomic E-state index is -4.42. The van der Waals surface area contributed by atoms with Crippen LogP contribution in [-0.2, 0) is 19.3 Å². The van der Waals surface area contributed by atoms with E-state index in [2.05, 4.69) is 20.4 Å². The summed E-state index contributed by atoms with van der Waals surface area (Å²) in [7, 11) is 0. The van der Waals surface area contributed by atoms with Gasteiger partial charge < -0.3 is 9.88 Å². The summed E-state index contributed by atoms with van der Waals surface area (Å²) in [6.07, 6.45) is -2.21. The number of piperidine rings is 1. The Bertz CT molecular complexity index is 450. The van der Waals surface area contributed by atoms with Crippen LogP contribution < -0.4 is 5.32 Å². The SMILES string of the molecule is FC(F)(F)c1nnc2n1CCN(C1CCCNC1)C2. The van der Waals surface area contributed by atoms with Gasteiger partial charge in [-0.1, -0.05) is 0 Å². The van der Waals surface area contributed by atoms with Crippen LogP contribution in [0.5, 0.6) is 0 Å². The number of hydrogen-bond acceptors (Lipinski definition) is 4. The van der Waals surface area contributed by atoms with Gasteiger partial charge in [-0.15, -0.1) is 10.2 Å². The average Bonchev–Trinajstić information content (AvgIpc) is 2.82. The zero-order chi connectivity index (χ0) is 13.5. The van der Waals surface area contributed by atoms with Gasteiger partial charge in [0.25, 0.3) is 0 Å². The predicted molar refractivity (Wildman–Crippen MR) is 61.3 cm³/mol. The summed E-state index contributed by atoms with van der Waals surface area (Å²) in [4.78, 5) is 2.20. The highest BCUT2D eigenvalue weighted by molar-refractivity contribution is 5.03. The Morgan fingerprint density at radius 3 is 2.74 bits per heavy atom. The highest BCUT2D eigenvalue weighted by Crippen LogP contribution is 2.30. The second kappa shape index (κ2) is 4.75. The molecule has 0 radical (unpaired) electrons. The van der Waals surface area contributed by atoms with Crippen LogP contribution in [0.2, 0.25) is 0 Å². The summed E-state index contributed by atoms with van der Waals surface area (Å²) in [5.74, 6) is -0.451.